The van der Waals surface area contributed by atoms with Gasteiger partial charge >= 0.3 is 0 Å². The molecular weight excluding hydrogens is 214 g/mol. The van der Waals surface area contributed by atoms with Gasteiger partial charge in [0.1, 0.15) is 0 Å². The molecule has 0 bridgehead atoms. The first-order valence-electron chi connectivity index (χ1n) is 6.41. The maximum absolute atomic E-state index is 5.04. The number of rotatable bonds is 4. The van der Waals surface area contributed by atoms with E-state index in [0.717, 1.165) is 19.0 Å². The maximum atomic E-state index is 5.04. The van der Waals surface area contributed by atoms with Crippen LogP contribution in [0.2, 0.25) is 0 Å². The van der Waals surface area contributed by atoms with Gasteiger partial charge in [-0.1, -0.05) is 13.8 Å². The average molecular weight is 241 g/mol. The summed E-state index contributed by atoms with van der Waals surface area (Å²) in [7, 11) is 1.71. The highest BCUT2D eigenvalue weighted by Crippen LogP contribution is 2.46. The molecule has 4 nitrogen and oxygen atoms in total. The number of ether oxygens (including phenoxy) is 1. The van der Waals surface area contributed by atoms with E-state index in [-0.39, 0.29) is 5.54 Å². The van der Waals surface area contributed by atoms with Gasteiger partial charge < -0.3 is 15.0 Å². The van der Waals surface area contributed by atoms with Crippen LogP contribution in [0.25, 0.3) is 0 Å². The van der Waals surface area contributed by atoms with Crippen molar-refractivity contribution in [3.8, 4) is 0 Å². The summed E-state index contributed by atoms with van der Waals surface area (Å²) in [6.07, 6.45) is 0. The summed E-state index contributed by atoms with van der Waals surface area (Å²) >= 11 is 0. The van der Waals surface area contributed by atoms with Crippen molar-refractivity contribution < 1.29 is 4.74 Å². The molecule has 0 amide bonds. The van der Waals surface area contributed by atoms with Crippen molar-refractivity contribution in [3.05, 3.63) is 0 Å². The Bertz CT molecular complexity index is 284. The second-order valence-corrected chi connectivity index (χ2v) is 5.76. The zero-order chi connectivity index (χ0) is 13.1. The fourth-order valence-electron chi connectivity index (χ4n) is 2.04. The number of aliphatic imine (C=N–C) groups is 1. The predicted molar refractivity (Wildman–Crippen MR) is 72.4 cm³/mol. The zero-order valence-corrected chi connectivity index (χ0v) is 12.1. The van der Waals surface area contributed by atoms with Crippen molar-refractivity contribution in [2.75, 3.05) is 33.4 Å². The molecule has 1 aliphatic rings. The first-order valence-corrected chi connectivity index (χ1v) is 6.41. The lowest BCUT2D eigenvalue weighted by Gasteiger charge is -2.62. The molecule has 0 atom stereocenters. The number of nitrogens with zero attached hydrogens (tertiary/aromatic N) is 2. The largest absolute Gasteiger partial charge is 0.383 e. The molecule has 0 unspecified atom stereocenters. The smallest absolute Gasteiger partial charge is 0.194 e. The van der Waals surface area contributed by atoms with E-state index in [1.807, 2.05) is 0 Å². The summed E-state index contributed by atoms with van der Waals surface area (Å²) in [5.74, 6) is 1.01. The van der Waals surface area contributed by atoms with Crippen LogP contribution in [0.4, 0.5) is 0 Å². The summed E-state index contributed by atoms with van der Waals surface area (Å²) in [6, 6.07) is 0. The molecule has 17 heavy (non-hydrogen) atoms. The molecule has 0 radical (unpaired) electrons. The van der Waals surface area contributed by atoms with E-state index in [1.165, 1.54) is 0 Å². The van der Waals surface area contributed by atoms with Crippen molar-refractivity contribution in [3.63, 3.8) is 0 Å². The summed E-state index contributed by atoms with van der Waals surface area (Å²) in [5.41, 5.74) is 0.492. The van der Waals surface area contributed by atoms with Gasteiger partial charge in [0.15, 0.2) is 5.96 Å². The lowest BCUT2D eigenvalue weighted by atomic mass is 9.65. The number of likely N-dealkylation sites (tertiary alicyclic amines) is 1. The molecule has 0 aromatic carbocycles. The average Bonchev–Trinajstić information content (AvgIpc) is 2.25. The summed E-state index contributed by atoms with van der Waals surface area (Å²) < 4.78 is 5.04. The molecule has 1 N–H and O–H groups in total. The molecule has 0 aliphatic carbocycles. The third-order valence-corrected chi connectivity index (χ3v) is 4.03. The highest BCUT2D eigenvalue weighted by Gasteiger charge is 2.53. The van der Waals surface area contributed by atoms with Gasteiger partial charge in [-0.2, -0.15) is 0 Å². The Kier molecular flexibility index (Phi) is 4.42. The molecule has 1 aliphatic heterocycles. The SMILES string of the molecule is CCNC(=NCCOC)N1CC(C)(C)C1(C)C. The van der Waals surface area contributed by atoms with Gasteiger partial charge in [-0.05, 0) is 20.8 Å². The van der Waals surface area contributed by atoms with E-state index >= 15 is 0 Å². The minimum atomic E-state index is 0.154. The molecular formula is C13H27N3O. The van der Waals surface area contributed by atoms with Gasteiger partial charge in [0.05, 0.1) is 13.2 Å². The Balaban J connectivity index is 2.70. The van der Waals surface area contributed by atoms with Crippen molar-refractivity contribution in [1.29, 1.82) is 0 Å². The number of nitrogens with one attached hydrogen (secondary N) is 1. The number of methoxy groups -OCH3 is 1. The van der Waals surface area contributed by atoms with Crippen LogP contribution >= 0.6 is 0 Å². The molecule has 1 heterocycles. The number of hydrogen-bond acceptors (Lipinski definition) is 2. The van der Waals surface area contributed by atoms with Crippen LogP contribution in [0.1, 0.15) is 34.6 Å². The molecule has 1 rings (SSSR count). The fourth-order valence-corrected chi connectivity index (χ4v) is 2.04. The van der Waals surface area contributed by atoms with Crippen LogP contribution in [0.5, 0.6) is 0 Å². The monoisotopic (exact) mass is 241 g/mol. The van der Waals surface area contributed by atoms with Crippen molar-refractivity contribution in [1.82, 2.24) is 10.2 Å². The lowest BCUT2D eigenvalue weighted by molar-refractivity contribution is -0.0668. The quantitative estimate of drug-likeness (QED) is 0.462. The molecule has 100 valence electrons. The maximum Gasteiger partial charge on any atom is 0.194 e. The minimum Gasteiger partial charge on any atom is -0.383 e. The van der Waals surface area contributed by atoms with E-state index in [4.69, 9.17) is 4.74 Å². The normalized spacial score (nSPS) is 22.2. The highest BCUT2D eigenvalue weighted by atomic mass is 16.5. The van der Waals surface area contributed by atoms with Crippen LogP contribution in [0, 0.1) is 5.41 Å². The topological polar surface area (TPSA) is 36.9 Å². The zero-order valence-electron chi connectivity index (χ0n) is 12.1. The molecule has 1 fully saturated rings. The van der Waals surface area contributed by atoms with E-state index < -0.39 is 0 Å². The third-order valence-electron chi connectivity index (χ3n) is 4.03. The van der Waals surface area contributed by atoms with Gasteiger partial charge in [-0.25, -0.2) is 0 Å². The van der Waals surface area contributed by atoms with E-state index in [0.29, 0.717) is 18.6 Å². The first-order chi connectivity index (χ1) is 7.86. The Labute approximate surface area is 105 Å². The second kappa shape index (κ2) is 5.25. The molecule has 0 aromatic rings. The standard InChI is InChI=1S/C13H27N3O/c1-7-14-11(15-8-9-17-6)16-10-12(2,3)13(16,4)5/h7-10H2,1-6H3,(H,14,15). The second-order valence-electron chi connectivity index (χ2n) is 5.76. The van der Waals surface area contributed by atoms with Crippen LogP contribution in [0.15, 0.2) is 4.99 Å². The molecule has 0 saturated carbocycles. The summed E-state index contributed by atoms with van der Waals surface area (Å²) in [6.45, 7) is 14.6. The van der Waals surface area contributed by atoms with Crippen molar-refractivity contribution >= 4 is 5.96 Å². The first kappa shape index (κ1) is 14.3. The predicted octanol–water partition coefficient (Wildman–Crippen LogP) is 1.72. The summed E-state index contributed by atoms with van der Waals surface area (Å²) in [4.78, 5) is 6.95. The third kappa shape index (κ3) is 2.73. The lowest BCUT2D eigenvalue weighted by Crippen LogP contribution is -2.72. The highest BCUT2D eigenvalue weighted by molar-refractivity contribution is 5.82. The van der Waals surface area contributed by atoms with E-state index in [1.54, 1.807) is 7.11 Å². The van der Waals surface area contributed by atoms with Gasteiger partial charge in [0.2, 0.25) is 0 Å². The van der Waals surface area contributed by atoms with Crippen molar-refractivity contribution in [2.24, 2.45) is 10.4 Å². The van der Waals surface area contributed by atoms with Gasteiger partial charge in [-0.15, -0.1) is 0 Å². The van der Waals surface area contributed by atoms with Crippen molar-refractivity contribution in [2.45, 2.75) is 40.2 Å². The number of hydrogen-bond donors (Lipinski definition) is 1. The molecule has 4 heteroatoms. The Hall–Kier alpha value is -0.770. The van der Waals surface area contributed by atoms with Crippen LogP contribution in [-0.2, 0) is 4.74 Å². The van der Waals surface area contributed by atoms with Crippen LogP contribution in [0.3, 0.4) is 0 Å². The van der Waals surface area contributed by atoms with E-state index in [2.05, 4.69) is 49.8 Å². The van der Waals surface area contributed by atoms with Crippen LogP contribution < -0.4 is 5.32 Å². The molecule has 0 aromatic heterocycles. The molecule has 1 saturated heterocycles. The fraction of sp³-hybridized carbons (Fsp3) is 0.923. The summed E-state index contributed by atoms with van der Waals surface area (Å²) in [5, 5.41) is 3.36. The van der Waals surface area contributed by atoms with Crippen LogP contribution in [-0.4, -0.2) is 49.7 Å². The Morgan fingerprint density at radius 2 is 2.00 bits per heavy atom. The minimum absolute atomic E-state index is 0.154. The Morgan fingerprint density at radius 1 is 1.35 bits per heavy atom. The van der Waals surface area contributed by atoms with Gasteiger partial charge in [-0.3, -0.25) is 4.99 Å². The van der Waals surface area contributed by atoms with Gasteiger partial charge in [0, 0.05) is 31.2 Å². The van der Waals surface area contributed by atoms with E-state index in [9.17, 15) is 0 Å². The molecule has 0 spiro atoms. The van der Waals surface area contributed by atoms with Gasteiger partial charge in [0.25, 0.3) is 0 Å². The Morgan fingerprint density at radius 3 is 2.41 bits per heavy atom. The number of guanidine groups is 1.